The molecule has 8 heteroatoms. The van der Waals surface area contributed by atoms with E-state index in [0.29, 0.717) is 22.7 Å². The first kappa shape index (κ1) is 19.7. The summed E-state index contributed by atoms with van der Waals surface area (Å²) in [5.74, 6) is 0.0414. The number of H-pyrrole nitrogens is 1. The summed E-state index contributed by atoms with van der Waals surface area (Å²) in [6.07, 6.45) is 1.85. The van der Waals surface area contributed by atoms with Crippen molar-refractivity contribution < 1.29 is 4.79 Å². The molecule has 0 bridgehead atoms. The zero-order valence-corrected chi connectivity index (χ0v) is 17.6. The Morgan fingerprint density at radius 3 is 2.93 bits per heavy atom. The number of nitrogens with one attached hydrogen (secondary N) is 2. The van der Waals surface area contributed by atoms with Crippen molar-refractivity contribution in [1.29, 1.82) is 0 Å². The maximum atomic E-state index is 12.8. The number of rotatable bonds is 7. The highest BCUT2D eigenvalue weighted by atomic mass is 79.9. The number of benzene rings is 1. The number of carbonyl (C=O) groups is 1. The van der Waals surface area contributed by atoms with Crippen molar-refractivity contribution in [3.8, 4) is 0 Å². The van der Waals surface area contributed by atoms with E-state index < -0.39 is 0 Å². The molecule has 3 rings (SSSR count). The molecule has 3 aromatic rings. The zero-order chi connectivity index (χ0) is 19.4. The minimum atomic E-state index is -0.139. The number of carbonyl (C=O) groups excluding carboxylic acids is 1. The molecule has 2 N–H and O–H groups in total. The highest BCUT2D eigenvalue weighted by Gasteiger charge is 2.14. The summed E-state index contributed by atoms with van der Waals surface area (Å²) in [4.78, 5) is 32.8. The third kappa shape index (κ3) is 4.81. The summed E-state index contributed by atoms with van der Waals surface area (Å²) in [5.41, 5.74) is 2.69. The highest BCUT2D eigenvalue weighted by Crippen LogP contribution is 2.20. The van der Waals surface area contributed by atoms with Gasteiger partial charge in [-0.05, 0) is 37.6 Å². The maximum absolute atomic E-state index is 12.8. The number of aromatic amines is 1. The topological polar surface area (TPSA) is 79.8 Å². The minimum absolute atomic E-state index is 0.0866. The molecule has 2 heterocycles. The summed E-state index contributed by atoms with van der Waals surface area (Å²) < 4.78 is 2.56. The van der Waals surface area contributed by atoms with E-state index in [-0.39, 0.29) is 17.2 Å². The lowest BCUT2D eigenvalue weighted by Gasteiger charge is -2.11. The molecule has 0 aliphatic carbocycles. The van der Waals surface area contributed by atoms with E-state index in [0.717, 1.165) is 28.7 Å². The normalized spacial score (nSPS) is 11.1. The van der Waals surface area contributed by atoms with Crippen LogP contribution in [0.25, 0.3) is 11.0 Å². The van der Waals surface area contributed by atoms with E-state index in [1.54, 1.807) is 4.57 Å². The van der Waals surface area contributed by atoms with Crippen molar-refractivity contribution in [1.82, 2.24) is 14.5 Å². The molecule has 27 heavy (non-hydrogen) atoms. The largest absolute Gasteiger partial charge is 0.353 e. The Labute approximate surface area is 169 Å². The van der Waals surface area contributed by atoms with Crippen LogP contribution >= 0.6 is 27.7 Å². The number of aryl methyl sites for hydroxylation is 1. The van der Waals surface area contributed by atoms with Gasteiger partial charge in [0, 0.05) is 22.4 Å². The lowest BCUT2D eigenvalue weighted by molar-refractivity contribution is -0.113. The van der Waals surface area contributed by atoms with Crippen LogP contribution < -0.4 is 10.9 Å². The molecule has 0 atom stereocenters. The van der Waals surface area contributed by atoms with Crippen molar-refractivity contribution in [2.45, 2.75) is 38.4 Å². The van der Waals surface area contributed by atoms with E-state index in [4.69, 9.17) is 0 Å². The molecule has 1 amide bonds. The van der Waals surface area contributed by atoms with Crippen molar-refractivity contribution in [2.24, 2.45) is 0 Å². The molecular weight excluding hydrogens is 428 g/mol. The van der Waals surface area contributed by atoms with Gasteiger partial charge in [-0.25, -0.2) is 4.98 Å². The van der Waals surface area contributed by atoms with Gasteiger partial charge in [-0.3, -0.25) is 14.2 Å². The second kappa shape index (κ2) is 8.75. The fourth-order valence-corrected chi connectivity index (χ4v) is 3.95. The molecule has 0 saturated carbocycles. The second-order valence-corrected chi connectivity index (χ2v) is 8.12. The van der Waals surface area contributed by atoms with Gasteiger partial charge >= 0.3 is 0 Å². The quantitative estimate of drug-likeness (QED) is 0.416. The number of nitrogens with zero attached hydrogens (tertiary/aromatic N) is 2. The van der Waals surface area contributed by atoms with E-state index >= 15 is 0 Å². The highest BCUT2D eigenvalue weighted by molar-refractivity contribution is 9.10. The van der Waals surface area contributed by atoms with Gasteiger partial charge in [0.2, 0.25) is 5.91 Å². The minimum Gasteiger partial charge on any atom is -0.353 e. The van der Waals surface area contributed by atoms with Gasteiger partial charge in [-0.15, -0.1) is 0 Å². The predicted octanol–water partition coefficient (Wildman–Crippen LogP) is 4.33. The van der Waals surface area contributed by atoms with Gasteiger partial charge in [-0.2, -0.15) is 0 Å². The molecule has 0 aliphatic rings. The first-order valence-corrected chi connectivity index (χ1v) is 10.5. The summed E-state index contributed by atoms with van der Waals surface area (Å²) in [6.45, 7) is 4.57. The predicted molar refractivity (Wildman–Crippen MR) is 113 cm³/mol. The Bertz CT molecular complexity index is 1030. The number of hydrogen-bond donors (Lipinski definition) is 2. The van der Waals surface area contributed by atoms with Crippen LogP contribution in [0.4, 0.5) is 5.69 Å². The number of unbranched alkanes of at least 4 members (excludes halogenated alkanes) is 1. The number of halogens is 1. The Hall–Kier alpha value is -2.06. The van der Waals surface area contributed by atoms with Crippen LogP contribution in [0.15, 0.2) is 44.8 Å². The van der Waals surface area contributed by atoms with Crippen LogP contribution in [0, 0.1) is 6.92 Å². The monoisotopic (exact) mass is 448 g/mol. The van der Waals surface area contributed by atoms with Crippen LogP contribution in [0.3, 0.4) is 0 Å². The Kier molecular flexibility index (Phi) is 6.38. The van der Waals surface area contributed by atoms with E-state index in [9.17, 15) is 9.59 Å². The summed E-state index contributed by atoms with van der Waals surface area (Å²) in [5, 5.41) is 3.43. The summed E-state index contributed by atoms with van der Waals surface area (Å²) in [6, 6.07) is 9.28. The number of aromatic nitrogens is 3. The molecule has 0 saturated heterocycles. The molecule has 0 fully saturated rings. The maximum Gasteiger partial charge on any atom is 0.278 e. The van der Waals surface area contributed by atoms with Gasteiger partial charge in [0.25, 0.3) is 5.56 Å². The summed E-state index contributed by atoms with van der Waals surface area (Å²) >= 11 is 4.67. The second-order valence-electron chi connectivity index (χ2n) is 6.26. The SMILES string of the molecule is CCCCn1c(SCC(=O)Nc2cccc(Br)c2)nc2cc(C)[nH]c2c1=O. The first-order chi connectivity index (χ1) is 13.0. The molecule has 0 unspecified atom stereocenters. The Balaban J connectivity index is 1.80. The third-order valence-corrected chi connectivity index (χ3v) is 5.48. The number of thioether (sulfide) groups is 1. The van der Waals surface area contributed by atoms with Crippen LogP contribution in [0.1, 0.15) is 25.5 Å². The zero-order valence-electron chi connectivity index (χ0n) is 15.2. The number of amides is 1. The van der Waals surface area contributed by atoms with Gasteiger partial charge in [0.15, 0.2) is 5.16 Å². The van der Waals surface area contributed by atoms with Crippen LogP contribution in [-0.4, -0.2) is 26.2 Å². The third-order valence-electron chi connectivity index (χ3n) is 4.01. The molecular formula is C19H21BrN4O2S. The Morgan fingerprint density at radius 1 is 1.37 bits per heavy atom. The molecule has 0 radical (unpaired) electrons. The van der Waals surface area contributed by atoms with Crippen molar-refractivity contribution in [3.63, 3.8) is 0 Å². The Morgan fingerprint density at radius 2 is 2.19 bits per heavy atom. The molecule has 142 valence electrons. The molecule has 0 aliphatic heterocycles. The fraction of sp³-hybridized carbons (Fsp3) is 0.316. The molecule has 1 aromatic carbocycles. The number of fused-ring (bicyclic) bond motifs is 1. The number of hydrogen-bond acceptors (Lipinski definition) is 4. The fourth-order valence-electron chi connectivity index (χ4n) is 2.73. The summed E-state index contributed by atoms with van der Waals surface area (Å²) in [7, 11) is 0. The number of anilines is 1. The van der Waals surface area contributed by atoms with E-state index in [2.05, 4.69) is 38.1 Å². The van der Waals surface area contributed by atoms with E-state index in [1.165, 1.54) is 11.8 Å². The average Bonchev–Trinajstić information content (AvgIpc) is 3.00. The molecule has 2 aromatic heterocycles. The van der Waals surface area contributed by atoms with Gasteiger partial charge < -0.3 is 10.3 Å². The average molecular weight is 449 g/mol. The van der Waals surface area contributed by atoms with Crippen LogP contribution in [0.5, 0.6) is 0 Å². The lowest BCUT2D eigenvalue weighted by atomic mass is 10.3. The van der Waals surface area contributed by atoms with Gasteiger partial charge in [0.05, 0.1) is 11.3 Å². The van der Waals surface area contributed by atoms with Crippen molar-refractivity contribution in [3.05, 3.63) is 50.9 Å². The molecule has 6 nitrogen and oxygen atoms in total. The van der Waals surface area contributed by atoms with Crippen LogP contribution in [-0.2, 0) is 11.3 Å². The van der Waals surface area contributed by atoms with Crippen LogP contribution in [0.2, 0.25) is 0 Å². The smallest absolute Gasteiger partial charge is 0.278 e. The van der Waals surface area contributed by atoms with Crippen molar-refractivity contribution >= 4 is 50.3 Å². The first-order valence-electron chi connectivity index (χ1n) is 8.76. The van der Waals surface area contributed by atoms with Crippen molar-refractivity contribution in [2.75, 3.05) is 11.1 Å². The lowest BCUT2D eigenvalue weighted by Crippen LogP contribution is -2.24. The van der Waals surface area contributed by atoms with Gasteiger partial charge in [-0.1, -0.05) is 47.1 Å². The molecule has 0 spiro atoms. The van der Waals surface area contributed by atoms with E-state index in [1.807, 2.05) is 37.3 Å². The standard InChI is InChI=1S/C19H21BrN4O2S/c1-3-4-8-24-18(26)17-15(9-12(2)21-17)23-19(24)27-11-16(25)22-14-7-5-6-13(20)10-14/h5-7,9-10,21H,3-4,8,11H2,1-2H3,(H,22,25). The van der Waals surface area contributed by atoms with Gasteiger partial charge in [0.1, 0.15) is 5.52 Å².